The molecule has 144 valence electrons. The highest BCUT2D eigenvalue weighted by atomic mass is 19.1. The topological polar surface area (TPSA) is 49.6 Å². The fraction of sp³-hybridized carbons (Fsp3) is 0.364. The van der Waals surface area contributed by atoms with Gasteiger partial charge in [-0.2, -0.15) is 0 Å². The van der Waals surface area contributed by atoms with Crippen molar-refractivity contribution in [2.45, 2.75) is 38.4 Å². The van der Waals surface area contributed by atoms with Crippen molar-refractivity contribution >= 4 is 16.9 Å². The van der Waals surface area contributed by atoms with Crippen LogP contribution < -0.4 is 0 Å². The van der Waals surface area contributed by atoms with Crippen LogP contribution in [-0.2, 0) is 17.9 Å². The number of carbonyl (C=O) groups excluding carboxylic acids is 1. The third kappa shape index (κ3) is 3.07. The zero-order chi connectivity index (χ0) is 19.1. The third-order valence-electron chi connectivity index (χ3n) is 5.92. The quantitative estimate of drug-likeness (QED) is 0.689. The van der Waals surface area contributed by atoms with Gasteiger partial charge in [0, 0.05) is 24.5 Å². The number of rotatable bonds is 3. The van der Waals surface area contributed by atoms with Gasteiger partial charge in [-0.3, -0.25) is 9.69 Å². The second kappa shape index (κ2) is 7.02. The Morgan fingerprint density at radius 1 is 1.14 bits per heavy atom. The van der Waals surface area contributed by atoms with Crippen LogP contribution in [0.4, 0.5) is 4.39 Å². The van der Waals surface area contributed by atoms with Crippen LogP contribution in [0.2, 0.25) is 0 Å². The number of aromatic nitrogens is 1. The molecule has 2 aliphatic rings. The molecule has 1 aromatic heterocycles. The summed E-state index contributed by atoms with van der Waals surface area (Å²) in [6.07, 6.45) is 3.07. The molecule has 3 aromatic rings. The monoisotopic (exact) mass is 379 g/mol. The minimum Gasteiger partial charge on any atom is -0.356 e. The normalized spacial score (nSPS) is 19.9. The molecule has 0 aliphatic carbocycles. The van der Waals surface area contributed by atoms with E-state index in [1.165, 1.54) is 23.3 Å². The first-order valence-electron chi connectivity index (χ1n) is 9.82. The Balaban J connectivity index is 1.35. The maximum absolute atomic E-state index is 13.5. The van der Waals surface area contributed by atoms with Gasteiger partial charge in [0.05, 0.1) is 12.6 Å². The number of benzene rings is 2. The number of halogens is 1. The summed E-state index contributed by atoms with van der Waals surface area (Å²) in [6, 6.07) is 12.8. The molecule has 0 bridgehead atoms. The third-order valence-corrected chi connectivity index (χ3v) is 5.92. The van der Waals surface area contributed by atoms with E-state index in [1.807, 2.05) is 17.0 Å². The van der Waals surface area contributed by atoms with Crippen LogP contribution >= 0.6 is 0 Å². The molecule has 5 rings (SSSR count). The smallest absolute Gasteiger partial charge is 0.237 e. The minimum atomic E-state index is -0.334. The molecule has 6 heteroatoms. The van der Waals surface area contributed by atoms with Crippen LogP contribution in [0.3, 0.4) is 0 Å². The van der Waals surface area contributed by atoms with Crippen LogP contribution in [0.25, 0.3) is 11.0 Å². The first-order chi connectivity index (χ1) is 13.7. The van der Waals surface area contributed by atoms with E-state index in [-0.39, 0.29) is 17.8 Å². The van der Waals surface area contributed by atoms with Gasteiger partial charge in [0.15, 0.2) is 5.58 Å². The van der Waals surface area contributed by atoms with E-state index in [9.17, 15) is 9.18 Å². The summed E-state index contributed by atoms with van der Waals surface area (Å²) in [4.78, 5) is 17.1. The molecule has 2 aliphatic heterocycles. The van der Waals surface area contributed by atoms with Crippen molar-refractivity contribution in [2.24, 2.45) is 0 Å². The average molecular weight is 379 g/mol. The van der Waals surface area contributed by atoms with E-state index in [0.29, 0.717) is 25.2 Å². The Kier molecular flexibility index (Phi) is 4.36. The van der Waals surface area contributed by atoms with Gasteiger partial charge in [0.1, 0.15) is 11.5 Å². The molecule has 0 spiro atoms. The first-order valence-corrected chi connectivity index (χ1v) is 9.82. The summed E-state index contributed by atoms with van der Waals surface area (Å²) in [5.74, 6) is -0.193. The van der Waals surface area contributed by atoms with Crippen molar-refractivity contribution in [3.8, 4) is 0 Å². The molecule has 1 atom stereocenters. The zero-order valence-corrected chi connectivity index (χ0v) is 15.6. The number of fused-ring (bicyclic) bond motifs is 2. The lowest BCUT2D eigenvalue weighted by atomic mass is 9.97. The van der Waals surface area contributed by atoms with Crippen LogP contribution in [0, 0.1) is 5.82 Å². The molecule has 28 heavy (non-hydrogen) atoms. The maximum Gasteiger partial charge on any atom is 0.237 e. The lowest BCUT2D eigenvalue weighted by molar-refractivity contribution is -0.134. The SMILES string of the molecule is O=C(CN1CCCCC1c1noc2cc(F)ccc12)N1Cc2ccccc2C1. The highest BCUT2D eigenvalue weighted by Crippen LogP contribution is 2.35. The number of likely N-dealkylation sites (tertiary alicyclic amines) is 1. The fourth-order valence-corrected chi connectivity index (χ4v) is 4.44. The highest BCUT2D eigenvalue weighted by Gasteiger charge is 2.32. The van der Waals surface area contributed by atoms with Crippen molar-refractivity contribution in [2.75, 3.05) is 13.1 Å². The summed E-state index contributed by atoms with van der Waals surface area (Å²) in [6.45, 7) is 2.58. The molecule has 2 aromatic carbocycles. The van der Waals surface area contributed by atoms with E-state index in [1.54, 1.807) is 6.07 Å². The first kappa shape index (κ1) is 17.4. The van der Waals surface area contributed by atoms with Gasteiger partial charge in [0.2, 0.25) is 5.91 Å². The van der Waals surface area contributed by atoms with Crippen LogP contribution in [-0.4, -0.2) is 34.0 Å². The van der Waals surface area contributed by atoms with E-state index < -0.39 is 0 Å². The summed E-state index contributed by atoms with van der Waals surface area (Å²) < 4.78 is 18.8. The molecule has 1 saturated heterocycles. The number of amides is 1. The molecule has 3 heterocycles. The number of nitrogens with zero attached hydrogens (tertiary/aromatic N) is 3. The average Bonchev–Trinajstić information content (AvgIpc) is 3.32. The molecular weight excluding hydrogens is 357 g/mol. The number of hydrogen-bond donors (Lipinski definition) is 0. The molecule has 1 fully saturated rings. The van der Waals surface area contributed by atoms with Gasteiger partial charge in [-0.05, 0) is 42.6 Å². The number of hydrogen-bond acceptors (Lipinski definition) is 4. The van der Waals surface area contributed by atoms with Gasteiger partial charge in [-0.25, -0.2) is 4.39 Å². The maximum atomic E-state index is 13.5. The van der Waals surface area contributed by atoms with Crippen molar-refractivity contribution in [3.05, 3.63) is 65.1 Å². The molecule has 1 unspecified atom stereocenters. The minimum absolute atomic E-state index is 0.0226. The standard InChI is InChI=1S/C22H22FN3O2/c23-17-8-9-18-20(11-17)28-24-22(18)19-7-3-4-10-25(19)14-21(27)26-12-15-5-1-2-6-16(15)13-26/h1-2,5-6,8-9,11,19H,3-4,7,10,12-14H2. The van der Waals surface area contributed by atoms with Gasteiger partial charge >= 0.3 is 0 Å². The molecular formula is C22H22FN3O2. The van der Waals surface area contributed by atoms with Gasteiger partial charge in [0.25, 0.3) is 0 Å². The Labute approximate surface area is 162 Å². The Morgan fingerprint density at radius 3 is 2.71 bits per heavy atom. The van der Waals surface area contributed by atoms with E-state index in [2.05, 4.69) is 22.2 Å². The molecule has 0 radical (unpaired) electrons. The van der Waals surface area contributed by atoms with Crippen molar-refractivity contribution < 1.29 is 13.7 Å². The van der Waals surface area contributed by atoms with Crippen molar-refractivity contribution in [3.63, 3.8) is 0 Å². The summed E-state index contributed by atoms with van der Waals surface area (Å²) in [7, 11) is 0. The number of piperidine rings is 1. The summed E-state index contributed by atoms with van der Waals surface area (Å²) >= 11 is 0. The molecule has 0 N–H and O–H groups in total. The number of carbonyl (C=O) groups is 1. The predicted octanol–water partition coefficient (Wildman–Crippen LogP) is 4.04. The van der Waals surface area contributed by atoms with Crippen molar-refractivity contribution in [1.82, 2.24) is 15.0 Å². The lowest BCUT2D eigenvalue weighted by Crippen LogP contribution is -2.42. The highest BCUT2D eigenvalue weighted by molar-refractivity contribution is 5.81. The molecule has 0 saturated carbocycles. The largest absolute Gasteiger partial charge is 0.356 e. The molecule has 5 nitrogen and oxygen atoms in total. The summed E-state index contributed by atoms with van der Waals surface area (Å²) in [5.41, 5.74) is 3.74. The van der Waals surface area contributed by atoms with Gasteiger partial charge < -0.3 is 9.42 Å². The molecule has 1 amide bonds. The Bertz CT molecular complexity index is 1010. The Hall–Kier alpha value is -2.73. The summed E-state index contributed by atoms with van der Waals surface area (Å²) in [5, 5.41) is 5.07. The van der Waals surface area contributed by atoms with Crippen LogP contribution in [0.15, 0.2) is 47.0 Å². The van der Waals surface area contributed by atoms with Crippen molar-refractivity contribution in [1.29, 1.82) is 0 Å². The fourth-order valence-electron chi connectivity index (χ4n) is 4.44. The van der Waals surface area contributed by atoms with E-state index in [0.717, 1.165) is 36.9 Å². The van der Waals surface area contributed by atoms with E-state index >= 15 is 0 Å². The van der Waals surface area contributed by atoms with Crippen LogP contribution in [0.5, 0.6) is 0 Å². The van der Waals surface area contributed by atoms with Gasteiger partial charge in [-0.1, -0.05) is 35.8 Å². The van der Waals surface area contributed by atoms with Gasteiger partial charge in [-0.15, -0.1) is 0 Å². The lowest BCUT2D eigenvalue weighted by Gasteiger charge is -2.35. The van der Waals surface area contributed by atoms with E-state index in [4.69, 9.17) is 4.52 Å². The second-order valence-electron chi connectivity index (χ2n) is 7.71. The van der Waals surface area contributed by atoms with Crippen LogP contribution in [0.1, 0.15) is 42.1 Å². The zero-order valence-electron chi connectivity index (χ0n) is 15.6. The Morgan fingerprint density at radius 2 is 1.93 bits per heavy atom. The second-order valence-corrected chi connectivity index (χ2v) is 7.71. The predicted molar refractivity (Wildman–Crippen MR) is 103 cm³/mol.